The van der Waals surface area contributed by atoms with Crippen molar-refractivity contribution in [3.8, 4) is 0 Å². The topological polar surface area (TPSA) is 49.3 Å². The Morgan fingerprint density at radius 1 is 1.42 bits per heavy atom. The predicted octanol–water partition coefficient (Wildman–Crippen LogP) is 2.80. The summed E-state index contributed by atoms with van der Waals surface area (Å²) in [5, 5.41) is 12.1. The van der Waals surface area contributed by atoms with Crippen molar-refractivity contribution in [2.24, 2.45) is 0 Å². The van der Waals surface area contributed by atoms with E-state index >= 15 is 0 Å². The molecule has 0 saturated heterocycles. The van der Waals surface area contributed by atoms with Gasteiger partial charge in [-0.3, -0.25) is 4.79 Å². The number of halogens is 1. The number of aryl methyl sites for hydroxylation is 2. The minimum Gasteiger partial charge on any atom is -0.394 e. The molecule has 0 heterocycles. The third-order valence-electron chi connectivity index (χ3n) is 3.38. The standard InChI is InChI=1S/C14H18BrNO2S/c1-9-6-12(10(2)5-11(9)15)19-7-13(18)16-14(8-17)3-4-14/h5-6,17H,3-4,7-8H2,1-2H3,(H,16,18). The lowest BCUT2D eigenvalue weighted by molar-refractivity contribution is -0.119. The van der Waals surface area contributed by atoms with Gasteiger partial charge in [0.2, 0.25) is 5.91 Å². The van der Waals surface area contributed by atoms with E-state index in [-0.39, 0.29) is 18.1 Å². The van der Waals surface area contributed by atoms with E-state index in [1.54, 1.807) is 11.8 Å². The van der Waals surface area contributed by atoms with E-state index < -0.39 is 0 Å². The molecule has 0 unspecified atom stereocenters. The van der Waals surface area contributed by atoms with Crippen molar-refractivity contribution in [2.75, 3.05) is 12.4 Å². The summed E-state index contributed by atoms with van der Waals surface area (Å²) in [5.74, 6) is 0.389. The third-order valence-corrected chi connectivity index (χ3v) is 5.39. The number of hydrogen-bond donors (Lipinski definition) is 2. The Balaban J connectivity index is 1.92. The van der Waals surface area contributed by atoms with E-state index in [9.17, 15) is 9.90 Å². The monoisotopic (exact) mass is 343 g/mol. The zero-order chi connectivity index (χ0) is 14.0. The van der Waals surface area contributed by atoms with Crippen LogP contribution in [0.5, 0.6) is 0 Å². The summed E-state index contributed by atoms with van der Waals surface area (Å²) in [6.45, 7) is 4.12. The summed E-state index contributed by atoms with van der Waals surface area (Å²) in [7, 11) is 0. The van der Waals surface area contributed by atoms with Crippen molar-refractivity contribution in [1.29, 1.82) is 0 Å². The van der Waals surface area contributed by atoms with Crippen molar-refractivity contribution < 1.29 is 9.90 Å². The first-order valence-corrected chi connectivity index (χ1v) is 8.05. The van der Waals surface area contributed by atoms with E-state index in [0.717, 1.165) is 22.2 Å². The van der Waals surface area contributed by atoms with Gasteiger partial charge in [-0.15, -0.1) is 11.8 Å². The fraction of sp³-hybridized carbons (Fsp3) is 0.500. The Hall–Kier alpha value is -0.520. The number of hydrogen-bond acceptors (Lipinski definition) is 3. The molecule has 0 aliphatic heterocycles. The molecule has 3 nitrogen and oxygen atoms in total. The minimum atomic E-state index is -0.317. The van der Waals surface area contributed by atoms with Crippen LogP contribution in [0, 0.1) is 13.8 Å². The molecule has 1 amide bonds. The fourth-order valence-electron chi connectivity index (χ4n) is 1.86. The van der Waals surface area contributed by atoms with Crippen molar-refractivity contribution in [2.45, 2.75) is 37.1 Å². The molecule has 0 aromatic heterocycles. The van der Waals surface area contributed by atoms with E-state index in [0.29, 0.717) is 5.75 Å². The van der Waals surface area contributed by atoms with Crippen LogP contribution in [-0.2, 0) is 4.79 Å². The van der Waals surface area contributed by atoms with E-state index in [1.807, 2.05) is 13.8 Å². The molecule has 104 valence electrons. The number of amides is 1. The van der Waals surface area contributed by atoms with Gasteiger partial charge in [0.15, 0.2) is 0 Å². The van der Waals surface area contributed by atoms with Gasteiger partial charge in [-0.05, 0) is 49.9 Å². The van der Waals surface area contributed by atoms with Crippen LogP contribution in [0.2, 0.25) is 0 Å². The van der Waals surface area contributed by atoms with Crippen molar-refractivity contribution in [1.82, 2.24) is 5.32 Å². The molecular formula is C14H18BrNO2S. The van der Waals surface area contributed by atoms with Gasteiger partial charge in [0.1, 0.15) is 0 Å². The Kier molecular flexibility index (Phi) is 4.58. The molecule has 19 heavy (non-hydrogen) atoms. The number of carbonyl (C=O) groups excluding carboxylic acids is 1. The summed E-state index contributed by atoms with van der Waals surface area (Å²) < 4.78 is 1.09. The molecule has 1 fully saturated rings. The average molecular weight is 344 g/mol. The Morgan fingerprint density at radius 3 is 2.68 bits per heavy atom. The fourth-order valence-corrected chi connectivity index (χ4v) is 3.22. The zero-order valence-electron chi connectivity index (χ0n) is 11.1. The summed E-state index contributed by atoms with van der Waals surface area (Å²) in [6, 6.07) is 4.17. The summed E-state index contributed by atoms with van der Waals surface area (Å²) in [6.07, 6.45) is 1.77. The molecule has 1 aromatic rings. The highest BCUT2D eigenvalue weighted by Crippen LogP contribution is 2.35. The maximum atomic E-state index is 11.8. The second-order valence-electron chi connectivity index (χ2n) is 5.14. The number of nitrogens with one attached hydrogen (secondary N) is 1. The molecule has 1 aliphatic carbocycles. The van der Waals surface area contributed by atoms with Crippen LogP contribution in [0.3, 0.4) is 0 Å². The van der Waals surface area contributed by atoms with Gasteiger partial charge in [0.25, 0.3) is 0 Å². The van der Waals surface area contributed by atoms with Crippen LogP contribution < -0.4 is 5.32 Å². The second kappa shape index (κ2) is 5.85. The van der Waals surface area contributed by atoms with Crippen molar-refractivity contribution in [3.05, 3.63) is 27.7 Å². The summed E-state index contributed by atoms with van der Waals surface area (Å²) in [5.41, 5.74) is 2.02. The van der Waals surface area contributed by atoms with Gasteiger partial charge in [-0.1, -0.05) is 15.9 Å². The van der Waals surface area contributed by atoms with E-state index in [4.69, 9.17) is 0 Å². The van der Waals surface area contributed by atoms with Crippen molar-refractivity contribution in [3.63, 3.8) is 0 Å². The number of thioether (sulfide) groups is 1. The van der Waals surface area contributed by atoms with Crippen LogP contribution in [0.1, 0.15) is 24.0 Å². The van der Waals surface area contributed by atoms with Gasteiger partial charge in [0.05, 0.1) is 17.9 Å². The molecule has 0 spiro atoms. The number of aliphatic hydroxyl groups is 1. The lowest BCUT2D eigenvalue weighted by Gasteiger charge is -2.14. The van der Waals surface area contributed by atoms with Gasteiger partial charge < -0.3 is 10.4 Å². The molecular weight excluding hydrogens is 326 g/mol. The Morgan fingerprint density at radius 2 is 2.11 bits per heavy atom. The minimum absolute atomic E-state index is 0.00322. The first-order valence-electron chi connectivity index (χ1n) is 6.27. The summed E-state index contributed by atoms with van der Waals surface area (Å²) >= 11 is 5.04. The average Bonchev–Trinajstić information content (AvgIpc) is 3.12. The highest BCUT2D eigenvalue weighted by molar-refractivity contribution is 9.10. The van der Waals surface area contributed by atoms with Gasteiger partial charge in [0, 0.05) is 9.37 Å². The van der Waals surface area contributed by atoms with Gasteiger partial charge in [-0.25, -0.2) is 0 Å². The number of carbonyl (C=O) groups is 1. The largest absolute Gasteiger partial charge is 0.394 e. The highest BCUT2D eigenvalue weighted by Gasteiger charge is 2.43. The molecule has 5 heteroatoms. The predicted molar refractivity (Wildman–Crippen MR) is 81.5 cm³/mol. The lowest BCUT2D eigenvalue weighted by Crippen LogP contribution is -2.40. The first-order chi connectivity index (χ1) is 8.96. The molecule has 2 rings (SSSR count). The smallest absolute Gasteiger partial charge is 0.230 e. The zero-order valence-corrected chi connectivity index (χ0v) is 13.5. The normalized spacial score (nSPS) is 16.2. The Bertz CT molecular complexity index is 500. The van der Waals surface area contributed by atoms with Crippen LogP contribution in [0.25, 0.3) is 0 Å². The molecule has 0 atom stereocenters. The van der Waals surface area contributed by atoms with Gasteiger partial charge in [-0.2, -0.15) is 0 Å². The van der Waals surface area contributed by atoms with Gasteiger partial charge >= 0.3 is 0 Å². The first kappa shape index (κ1) is 14.9. The quantitative estimate of drug-likeness (QED) is 0.808. The van der Waals surface area contributed by atoms with Crippen molar-refractivity contribution >= 4 is 33.6 Å². The number of rotatable bonds is 5. The third kappa shape index (κ3) is 3.74. The molecule has 1 saturated carbocycles. The highest BCUT2D eigenvalue weighted by atomic mass is 79.9. The van der Waals surface area contributed by atoms with Crippen LogP contribution in [-0.4, -0.2) is 28.9 Å². The molecule has 2 N–H and O–H groups in total. The molecule has 1 aliphatic rings. The van der Waals surface area contributed by atoms with Crippen LogP contribution >= 0.6 is 27.7 Å². The lowest BCUT2D eigenvalue weighted by atomic mass is 10.2. The second-order valence-corrected chi connectivity index (χ2v) is 7.01. The van der Waals surface area contributed by atoms with Crippen LogP contribution in [0.15, 0.2) is 21.5 Å². The van der Waals surface area contributed by atoms with E-state index in [2.05, 4.69) is 33.4 Å². The molecule has 0 bridgehead atoms. The van der Waals surface area contributed by atoms with Crippen LogP contribution in [0.4, 0.5) is 0 Å². The van der Waals surface area contributed by atoms with E-state index in [1.165, 1.54) is 11.1 Å². The summed E-state index contributed by atoms with van der Waals surface area (Å²) in [4.78, 5) is 13.0. The SMILES string of the molecule is Cc1cc(SCC(=O)NC2(CO)CC2)c(C)cc1Br. The molecule has 0 radical (unpaired) electrons. The maximum absolute atomic E-state index is 11.8. The maximum Gasteiger partial charge on any atom is 0.230 e. The molecule has 1 aromatic carbocycles. The number of aliphatic hydroxyl groups excluding tert-OH is 1. The number of benzene rings is 1. The Labute approximate surface area is 126 Å².